The number of aromatic amines is 2. The summed E-state index contributed by atoms with van der Waals surface area (Å²) in [7, 11) is 1.50. The van der Waals surface area contributed by atoms with Crippen LogP contribution in [0.25, 0.3) is 44.5 Å². The predicted molar refractivity (Wildman–Crippen MR) is 221 cm³/mol. The number of likely N-dealkylation sites (tertiary alicyclic amines) is 2. The Hall–Kier alpha value is -5.32. The molecule has 4 aliphatic rings. The molecule has 2 aromatic heterocycles. The van der Waals surface area contributed by atoms with E-state index in [9.17, 15) is 9.59 Å². The van der Waals surface area contributed by atoms with Crippen molar-refractivity contribution < 1.29 is 41.4 Å². The topological polar surface area (TPSA) is 152 Å². The van der Waals surface area contributed by atoms with Crippen LogP contribution < -0.4 is 5.73 Å². The molecular formula is C45H51F4N7O5. The van der Waals surface area contributed by atoms with Gasteiger partial charge in [0.2, 0.25) is 5.91 Å². The molecule has 1 spiro atoms. The van der Waals surface area contributed by atoms with Crippen molar-refractivity contribution in [2.24, 2.45) is 11.7 Å². The smallest absolute Gasteiger partial charge is 0.410 e. The Morgan fingerprint density at radius 1 is 0.869 bits per heavy atom. The van der Waals surface area contributed by atoms with E-state index < -0.39 is 46.5 Å². The van der Waals surface area contributed by atoms with Crippen molar-refractivity contribution in [2.45, 2.75) is 95.6 Å². The van der Waals surface area contributed by atoms with Crippen LogP contribution in [-0.4, -0.2) is 86.5 Å². The van der Waals surface area contributed by atoms with Crippen molar-refractivity contribution >= 4 is 23.0 Å². The molecule has 4 N–H and O–H groups in total. The molecule has 3 aliphatic heterocycles. The highest BCUT2D eigenvalue weighted by atomic mass is 19.3. The summed E-state index contributed by atoms with van der Waals surface area (Å²) in [6.07, 6.45) is 3.17. The van der Waals surface area contributed by atoms with E-state index in [0.29, 0.717) is 78.5 Å². The van der Waals surface area contributed by atoms with Gasteiger partial charge in [-0.15, -0.1) is 0 Å². The Kier molecular flexibility index (Phi) is 10.8. The third kappa shape index (κ3) is 7.56. The summed E-state index contributed by atoms with van der Waals surface area (Å²) < 4.78 is 82.2. The normalized spacial score (nSPS) is 21.1. The zero-order valence-electron chi connectivity index (χ0n) is 35.1. The van der Waals surface area contributed by atoms with Crippen molar-refractivity contribution in [1.82, 2.24) is 29.7 Å². The van der Waals surface area contributed by atoms with Crippen LogP contribution in [0.1, 0.15) is 95.2 Å². The van der Waals surface area contributed by atoms with Crippen LogP contribution in [0, 0.1) is 5.92 Å². The van der Waals surface area contributed by atoms with Gasteiger partial charge in [-0.3, -0.25) is 9.69 Å². The fourth-order valence-electron chi connectivity index (χ4n) is 8.89. The van der Waals surface area contributed by atoms with Crippen molar-refractivity contribution in [2.75, 3.05) is 33.4 Å². The molecule has 1 aliphatic carbocycles. The first-order chi connectivity index (χ1) is 28.9. The number of aromatic nitrogens is 4. The Morgan fingerprint density at radius 2 is 1.49 bits per heavy atom. The van der Waals surface area contributed by atoms with E-state index in [-0.39, 0.29) is 41.1 Å². The quantitative estimate of drug-likeness (QED) is 0.143. The first-order valence-corrected chi connectivity index (χ1v) is 20.7. The molecule has 324 valence electrons. The van der Waals surface area contributed by atoms with Crippen LogP contribution in [0.4, 0.5) is 22.4 Å². The van der Waals surface area contributed by atoms with Gasteiger partial charge in [-0.1, -0.05) is 44.2 Å². The first kappa shape index (κ1) is 42.4. The number of hydrogen-bond donors (Lipinski definition) is 3. The average Bonchev–Trinajstić information content (AvgIpc) is 4.07. The number of benzene rings is 3. The molecule has 1 unspecified atom stereocenters. The summed E-state index contributed by atoms with van der Waals surface area (Å²) >= 11 is 0. The van der Waals surface area contributed by atoms with E-state index in [2.05, 4.69) is 20.7 Å². The highest BCUT2D eigenvalue weighted by molar-refractivity contribution is 5.85. The van der Waals surface area contributed by atoms with Crippen LogP contribution in [0.3, 0.4) is 0 Å². The van der Waals surface area contributed by atoms with Crippen LogP contribution in [0.15, 0.2) is 60.8 Å². The maximum absolute atomic E-state index is 16.2. The molecule has 16 heteroatoms. The van der Waals surface area contributed by atoms with Crippen LogP contribution in [0.2, 0.25) is 0 Å². The number of fused-ring (bicyclic) bond motifs is 4. The van der Waals surface area contributed by atoms with Gasteiger partial charge in [-0.2, -0.15) is 17.6 Å². The summed E-state index contributed by atoms with van der Waals surface area (Å²) in [5.41, 5.74) is 4.99. The minimum Gasteiger partial charge on any atom is -0.444 e. The summed E-state index contributed by atoms with van der Waals surface area (Å²) in [6, 6.07) is 12.8. The van der Waals surface area contributed by atoms with E-state index in [1.807, 2.05) is 34.6 Å². The molecule has 9 rings (SSSR count). The number of ether oxygens (including phenoxy) is 3. The third-order valence-corrected chi connectivity index (χ3v) is 11.7. The van der Waals surface area contributed by atoms with Gasteiger partial charge < -0.3 is 34.8 Å². The summed E-state index contributed by atoms with van der Waals surface area (Å²) in [6.45, 7) is 10.9. The Bertz CT molecular complexity index is 2470. The predicted octanol–water partition coefficient (Wildman–Crippen LogP) is 9.19. The molecular weight excluding hydrogens is 795 g/mol. The van der Waals surface area contributed by atoms with E-state index in [1.165, 1.54) is 25.4 Å². The van der Waals surface area contributed by atoms with Gasteiger partial charge in [0.15, 0.2) is 5.79 Å². The SMILES string of the molecule is CC(C)CC(=O)N1CC2(CC1c1ncc(-c3ccc4c(c3)C(F)(F)C(F)(F)c3cc(-c5ccc6nc([C@@H]7CCCN7C(=O)OC(C)(C)C)[nH]c6c5)ccc3-4)[nH]1)OCCO2.CN. The van der Waals surface area contributed by atoms with Gasteiger partial charge >= 0.3 is 17.9 Å². The molecule has 5 heterocycles. The fourth-order valence-corrected chi connectivity index (χ4v) is 8.89. The lowest BCUT2D eigenvalue weighted by molar-refractivity contribution is -0.225. The van der Waals surface area contributed by atoms with Crippen LogP contribution in [-0.2, 0) is 30.9 Å². The van der Waals surface area contributed by atoms with Gasteiger partial charge in [0.1, 0.15) is 17.2 Å². The second kappa shape index (κ2) is 15.5. The van der Waals surface area contributed by atoms with Gasteiger partial charge in [0, 0.05) is 36.1 Å². The van der Waals surface area contributed by atoms with Gasteiger partial charge in [0.25, 0.3) is 0 Å². The highest BCUT2D eigenvalue weighted by Crippen LogP contribution is 2.59. The number of alkyl halides is 4. The number of hydrogen-bond acceptors (Lipinski definition) is 8. The number of imidazole rings is 2. The van der Waals surface area contributed by atoms with Crippen molar-refractivity contribution in [3.05, 3.63) is 83.6 Å². The summed E-state index contributed by atoms with van der Waals surface area (Å²) in [5, 5.41) is 0. The van der Waals surface area contributed by atoms with E-state index in [0.717, 1.165) is 18.6 Å². The number of carbonyl (C=O) groups excluding carboxylic acids is 2. The lowest BCUT2D eigenvalue weighted by Gasteiger charge is -2.35. The lowest BCUT2D eigenvalue weighted by atomic mass is 9.78. The Balaban J connectivity index is 0.00000253. The molecule has 3 fully saturated rings. The van der Waals surface area contributed by atoms with Crippen molar-refractivity contribution in [1.29, 1.82) is 0 Å². The molecule has 12 nitrogen and oxygen atoms in total. The Labute approximate surface area is 351 Å². The van der Waals surface area contributed by atoms with Gasteiger partial charge in [-0.25, -0.2) is 14.8 Å². The molecule has 0 radical (unpaired) electrons. The minimum absolute atomic E-state index is 0.00412. The number of nitrogens with one attached hydrogen (secondary N) is 2. The molecule has 2 amide bonds. The number of carbonyl (C=O) groups is 2. The van der Waals surface area contributed by atoms with Crippen LogP contribution in [0.5, 0.6) is 0 Å². The number of amides is 2. The standard InChI is InChI=1S/C44H46F4N6O5.CH5N/c1-24(2)17-37(55)54-23-42(57-15-16-58-42)21-36(54)38-49-22-34(52-38)27-9-12-29-28-11-8-25(18-30(28)43(45,46)44(47,48)31(29)19-27)26-10-13-32-33(20-26)51-39(50-32)35-7-6-14-53(35)40(56)59-41(3,4)5;1-2/h8-13,18-20,22,24,35-36H,6-7,14-17,21,23H2,1-5H3,(H,49,52)(H,50,51);2H2,1H3/t35-,36?;/m0./s1. The lowest BCUT2D eigenvalue weighted by Crippen LogP contribution is -2.39. The van der Waals surface area contributed by atoms with E-state index >= 15 is 17.6 Å². The monoisotopic (exact) mass is 845 g/mol. The maximum atomic E-state index is 16.2. The Morgan fingerprint density at radius 3 is 2.15 bits per heavy atom. The molecule has 0 saturated carbocycles. The van der Waals surface area contributed by atoms with Crippen LogP contribution >= 0.6 is 0 Å². The van der Waals surface area contributed by atoms with Gasteiger partial charge in [0.05, 0.1) is 54.8 Å². The molecule has 5 aromatic rings. The number of nitrogens with zero attached hydrogens (tertiary/aromatic N) is 4. The number of rotatable bonds is 6. The zero-order chi connectivity index (χ0) is 43.6. The molecule has 3 aromatic carbocycles. The zero-order valence-corrected chi connectivity index (χ0v) is 35.1. The van der Waals surface area contributed by atoms with Crippen molar-refractivity contribution in [3.8, 4) is 33.5 Å². The highest BCUT2D eigenvalue weighted by Gasteiger charge is 2.63. The minimum atomic E-state index is -4.55. The summed E-state index contributed by atoms with van der Waals surface area (Å²) in [4.78, 5) is 45.3. The van der Waals surface area contributed by atoms with E-state index in [1.54, 1.807) is 40.1 Å². The second-order valence-electron chi connectivity index (χ2n) is 17.5. The fraction of sp³-hybridized carbons (Fsp3) is 0.467. The summed E-state index contributed by atoms with van der Waals surface area (Å²) in [5.74, 6) is -9.00. The molecule has 61 heavy (non-hydrogen) atoms. The largest absolute Gasteiger partial charge is 0.444 e. The average molecular weight is 846 g/mol. The number of halogens is 4. The third-order valence-electron chi connectivity index (χ3n) is 11.7. The van der Waals surface area contributed by atoms with Gasteiger partial charge in [-0.05, 0) is 93.1 Å². The first-order valence-electron chi connectivity index (χ1n) is 20.7. The maximum Gasteiger partial charge on any atom is 0.410 e. The molecule has 2 atom stereocenters. The van der Waals surface area contributed by atoms with E-state index in [4.69, 9.17) is 19.2 Å². The molecule has 0 bridgehead atoms. The molecule has 3 saturated heterocycles. The van der Waals surface area contributed by atoms with Crippen molar-refractivity contribution in [3.63, 3.8) is 0 Å². The number of H-pyrrole nitrogens is 2. The number of nitrogens with two attached hydrogens (primary N) is 1. The second-order valence-corrected chi connectivity index (χ2v) is 17.5.